The molecule has 0 saturated carbocycles. The number of hydrogen-bond donors (Lipinski definition) is 1. The zero-order valence-corrected chi connectivity index (χ0v) is 16.2. The van der Waals surface area contributed by atoms with Crippen molar-refractivity contribution in [2.45, 2.75) is 19.4 Å². The molecule has 2 aliphatic heterocycles. The molecule has 0 aromatic carbocycles. The van der Waals surface area contributed by atoms with E-state index in [9.17, 15) is 14.4 Å². The first kappa shape index (κ1) is 18.2. The molecule has 0 spiro atoms. The minimum Gasteiger partial charge on any atom is -0.348 e. The van der Waals surface area contributed by atoms with Gasteiger partial charge < -0.3 is 14.7 Å². The quantitative estimate of drug-likeness (QED) is 0.737. The van der Waals surface area contributed by atoms with Crippen LogP contribution in [0.25, 0.3) is 0 Å². The standard InChI is InChI=1S/C18H23N7O3/c1-22(2)18-19-12-5-7-24(6-4-11(12)15(26)20-18)16(27)13-10-14-17(28)23(3)8-9-25(14)21-13/h10H,4-9H2,1-3H3,(H,19,20,26). The average Bonchev–Trinajstić information content (AvgIpc) is 2.98. The molecule has 0 atom stereocenters. The lowest BCUT2D eigenvalue weighted by atomic mass is 10.1. The van der Waals surface area contributed by atoms with Gasteiger partial charge in [-0.15, -0.1) is 0 Å². The van der Waals surface area contributed by atoms with E-state index in [1.165, 1.54) is 0 Å². The minimum atomic E-state index is -0.227. The van der Waals surface area contributed by atoms with E-state index in [1.807, 2.05) is 14.1 Å². The lowest BCUT2D eigenvalue weighted by molar-refractivity contribution is 0.0734. The number of carbonyl (C=O) groups is 2. The Morgan fingerprint density at radius 3 is 2.64 bits per heavy atom. The van der Waals surface area contributed by atoms with E-state index in [2.05, 4.69) is 15.1 Å². The zero-order chi connectivity index (χ0) is 20.0. The molecule has 0 aliphatic carbocycles. The normalized spacial score (nSPS) is 16.5. The van der Waals surface area contributed by atoms with Gasteiger partial charge in [0.1, 0.15) is 5.69 Å². The highest BCUT2D eigenvalue weighted by molar-refractivity contribution is 5.98. The fraction of sp³-hybridized carbons (Fsp3) is 0.500. The molecule has 2 aromatic rings. The van der Waals surface area contributed by atoms with E-state index in [-0.39, 0.29) is 23.1 Å². The maximum atomic E-state index is 13.0. The number of fused-ring (bicyclic) bond motifs is 2. The number of H-pyrrole nitrogens is 1. The van der Waals surface area contributed by atoms with Crippen molar-refractivity contribution in [1.82, 2.24) is 29.5 Å². The summed E-state index contributed by atoms with van der Waals surface area (Å²) >= 11 is 0. The lowest BCUT2D eigenvalue weighted by Gasteiger charge is -2.22. The summed E-state index contributed by atoms with van der Waals surface area (Å²) in [5.41, 5.74) is 1.89. The van der Waals surface area contributed by atoms with E-state index in [4.69, 9.17) is 0 Å². The second kappa shape index (κ2) is 6.77. The third-order valence-corrected chi connectivity index (χ3v) is 5.26. The molecular weight excluding hydrogens is 362 g/mol. The summed E-state index contributed by atoms with van der Waals surface area (Å²) in [5, 5.41) is 4.33. The van der Waals surface area contributed by atoms with E-state index in [1.54, 1.807) is 32.5 Å². The van der Waals surface area contributed by atoms with Gasteiger partial charge in [-0.2, -0.15) is 5.10 Å². The van der Waals surface area contributed by atoms with Gasteiger partial charge in [-0.25, -0.2) is 4.98 Å². The van der Waals surface area contributed by atoms with Gasteiger partial charge in [0.15, 0.2) is 5.69 Å². The van der Waals surface area contributed by atoms with Crippen molar-refractivity contribution in [2.24, 2.45) is 0 Å². The number of hydrogen-bond acceptors (Lipinski definition) is 6. The highest BCUT2D eigenvalue weighted by atomic mass is 16.2. The van der Waals surface area contributed by atoms with Gasteiger partial charge in [-0.1, -0.05) is 0 Å². The summed E-state index contributed by atoms with van der Waals surface area (Å²) in [6.45, 7) is 2.00. The first-order valence-corrected chi connectivity index (χ1v) is 9.27. The number of aromatic nitrogens is 4. The van der Waals surface area contributed by atoms with Crippen molar-refractivity contribution in [1.29, 1.82) is 0 Å². The van der Waals surface area contributed by atoms with Gasteiger partial charge in [-0.05, 0) is 6.42 Å². The Morgan fingerprint density at radius 2 is 1.89 bits per heavy atom. The molecule has 4 heterocycles. The summed E-state index contributed by atoms with van der Waals surface area (Å²) in [6, 6.07) is 1.56. The number of nitrogens with zero attached hydrogens (tertiary/aromatic N) is 6. The van der Waals surface area contributed by atoms with E-state index in [0.29, 0.717) is 56.2 Å². The third kappa shape index (κ3) is 3.04. The molecule has 0 fully saturated rings. The van der Waals surface area contributed by atoms with Gasteiger partial charge in [0.05, 0.1) is 12.2 Å². The topological polar surface area (TPSA) is 107 Å². The van der Waals surface area contributed by atoms with Crippen molar-refractivity contribution >= 4 is 17.8 Å². The molecule has 4 rings (SSSR count). The van der Waals surface area contributed by atoms with Crippen LogP contribution in [-0.2, 0) is 19.4 Å². The Hall–Kier alpha value is -3.17. The van der Waals surface area contributed by atoms with E-state index >= 15 is 0 Å². The van der Waals surface area contributed by atoms with E-state index < -0.39 is 0 Å². The molecule has 0 bridgehead atoms. The first-order chi connectivity index (χ1) is 13.3. The fourth-order valence-corrected chi connectivity index (χ4v) is 3.58. The van der Waals surface area contributed by atoms with Crippen LogP contribution in [-0.4, -0.2) is 82.1 Å². The Morgan fingerprint density at radius 1 is 1.14 bits per heavy atom. The van der Waals surface area contributed by atoms with E-state index in [0.717, 1.165) is 5.69 Å². The van der Waals surface area contributed by atoms with Crippen LogP contribution in [0.3, 0.4) is 0 Å². The minimum absolute atomic E-state index is 0.131. The van der Waals surface area contributed by atoms with Crippen LogP contribution in [0.2, 0.25) is 0 Å². The monoisotopic (exact) mass is 385 g/mol. The fourth-order valence-electron chi connectivity index (χ4n) is 3.58. The smallest absolute Gasteiger partial charge is 0.274 e. The highest BCUT2D eigenvalue weighted by Crippen LogP contribution is 2.17. The van der Waals surface area contributed by atoms with Crippen molar-refractivity contribution in [3.8, 4) is 0 Å². The second-order valence-electron chi connectivity index (χ2n) is 7.37. The van der Waals surface area contributed by atoms with Crippen LogP contribution in [0.1, 0.15) is 32.2 Å². The summed E-state index contributed by atoms with van der Waals surface area (Å²) in [7, 11) is 5.37. The van der Waals surface area contributed by atoms with Gasteiger partial charge in [-0.3, -0.25) is 24.0 Å². The largest absolute Gasteiger partial charge is 0.348 e. The number of aromatic amines is 1. The Kier molecular flexibility index (Phi) is 4.40. The molecule has 10 nitrogen and oxygen atoms in total. The SMILES string of the molecule is CN1CCn2nc(C(=O)N3CCc4nc(N(C)C)[nH]c(=O)c4CC3)cc2C1=O. The van der Waals surface area contributed by atoms with Gasteiger partial charge in [0.2, 0.25) is 5.95 Å². The maximum absolute atomic E-state index is 13.0. The van der Waals surface area contributed by atoms with Crippen molar-refractivity contribution in [3.63, 3.8) is 0 Å². The van der Waals surface area contributed by atoms with Crippen molar-refractivity contribution < 1.29 is 9.59 Å². The molecular formula is C18H23N7O3. The third-order valence-electron chi connectivity index (χ3n) is 5.26. The van der Waals surface area contributed by atoms with Crippen molar-refractivity contribution in [3.05, 3.63) is 39.1 Å². The highest BCUT2D eigenvalue weighted by Gasteiger charge is 2.29. The summed E-state index contributed by atoms with van der Waals surface area (Å²) in [4.78, 5) is 50.0. The summed E-state index contributed by atoms with van der Waals surface area (Å²) in [6.07, 6.45) is 0.938. The molecule has 148 valence electrons. The van der Waals surface area contributed by atoms with Crippen LogP contribution < -0.4 is 10.5 Å². The number of nitrogens with one attached hydrogen (secondary N) is 1. The molecule has 28 heavy (non-hydrogen) atoms. The number of likely N-dealkylation sites (N-methyl/N-ethyl adjacent to an activating group) is 1. The van der Waals surface area contributed by atoms with Crippen LogP contribution in [0.5, 0.6) is 0 Å². The van der Waals surface area contributed by atoms with Crippen LogP contribution in [0, 0.1) is 0 Å². The molecule has 10 heteroatoms. The van der Waals surface area contributed by atoms with Crippen LogP contribution in [0.4, 0.5) is 5.95 Å². The van der Waals surface area contributed by atoms with Gasteiger partial charge in [0, 0.05) is 58.8 Å². The molecule has 2 amide bonds. The second-order valence-corrected chi connectivity index (χ2v) is 7.37. The van der Waals surface area contributed by atoms with Crippen molar-refractivity contribution in [2.75, 3.05) is 45.7 Å². The summed E-state index contributed by atoms with van der Waals surface area (Å²) < 4.78 is 1.60. The molecule has 0 unspecified atom stereocenters. The Bertz CT molecular complexity index is 1010. The number of anilines is 1. The van der Waals surface area contributed by atoms with Gasteiger partial charge in [0.25, 0.3) is 17.4 Å². The molecule has 1 N–H and O–H groups in total. The number of rotatable bonds is 2. The van der Waals surface area contributed by atoms with Crippen LogP contribution >= 0.6 is 0 Å². The molecule has 0 radical (unpaired) electrons. The molecule has 2 aliphatic rings. The number of carbonyl (C=O) groups excluding carboxylic acids is 2. The molecule has 0 saturated heterocycles. The van der Waals surface area contributed by atoms with Gasteiger partial charge >= 0.3 is 0 Å². The number of amides is 2. The zero-order valence-electron chi connectivity index (χ0n) is 16.2. The predicted molar refractivity (Wildman–Crippen MR) is 102 cm³/mol. The summed E-state index contributed by atoms with van der Waals surface area (Å²) in [5.74, 6) is 0.148. The molecule has 2 aromatic heterocycles. The maximum Gasteiger partial charge on any atom is 0.274 e. The van der Waals surface area contributed by atoms with Crippen LogP contribution in [0.15, 0.2) is 10.9 Å². The predicted octanol–water partition coefficient (Wildman–Crippen LogP) is -0.641. The average molecular weight is 385 g/mol. The first-order valence-electron chi connectivity index (χ1n) is 9.27. The Labute approximate surface area is 161 Å². The Balaban J connectivity index is 1.56. The lowest BCUT2D eigenvalue weighted by Crippen LogP contribution is -2.37.